The molecule has 0 aromatic carbocycles. The summed E-state index contributed by atoms with van der Waals surface area (Å²) in [4.78, 5) is 4.55. The molecule has 3 aliphatic rings. The van der Waals surface area contributed by atoms with Crippen molar-refractivity contribution in [1.82, 2.24) is 4.98 Å². The standard InChI is InChI=1S/C19H27NO/c21-19(18-11-5-6-12-20-18)13-14-7-1-2-8-15(14)16-9-3-4-10-17(16)19/h5-6,11-12,14-17,21H,1-4,7-10,13H2. The van der Waals surface area contributed by atoms with E-state index in [9.17, 15) is 5.11 Å². The van der Waals surface area contributed by atoms with Crippen LogP contribution in [-0.2, 0) is 5.60 Å². The Hall–Kier alpha value is -0.890. The Morgan fingerprint density at radius 2 is 1.71 bits per heavy atom. The van der Waals surface area contributed by atoms with E-state index in [0.717, 1.165) is 29.9 Å². The Morgan fingerprint density at radius 3 is 2.52 bits per heavy atom. The SMILES string of the molecule is OC1(c2ccccn2)CC2CCCCC2C2CCCCC21. The molecule has 1 heterocycles. The molecule has 0 amide bonds. The van der Waals surface area contributed by atoms with Crippen LogP contribution in [0.2, 0.25) is 0 Å². The second-order valence-electron chi connectivity index (χ2n) is 7.61. The van der Waals surface area contributed by atoms with Gasteiger partial charge in [-0.1, -0.05) is 38.2 Å². The van der Waals surface area contributed by atoms with Gasteiger partial charge in [-0.15, -0.1) is 0 Å². The van der Waals surface area contributed by atoms with Crippen LogP contribution in [0.25, 0.3) is 0 Å². The van der Waals surface area contributed by atoms with Crippen LogP contribution in [0, 0.1) is 23.7 Å². The van der Waals surface area contributed by atoms with Crippen LogP contribution in [0.4, 0.5) is 0 Å². The Morgan fingerprint density at radius 1 is 0.952 bits per heavy atom. The third-order valence-corrected chi connectivity index (χ3v) is 6.63. The molecule has 2 heteroatoms. The molecule has 1 N–H and O–H groups in total. The zero-order chi connectivity index (χ0) is 14.3. The van der Waals surface area contributed by atoms with Gasteiger partial charge in [-0.2, -0.15) is 0 Å². The van der Waals surface area contributed by atoms with Crippen LogP contribution in [0.1, 0.15) is 63.5 Å². The van der Waals surface area contributed by atoms with Crippen molar-refractivity contribution in [3.8, 4) is 0 Å². The summed E-state index contributed by atoms with van der Waals surface area (Å²) in [5.41, 5.74) is 0.274. The molecule has 2 nitrogen and oxygen atoms in total. The Balaban J connectivity index is 1.72. The molecule has 0 saturated heterocycles. The van der Waals surface area contributed by atoms with Crippen molar-refractivity contribution in [1.29, 1.82) is 0 Å². The molecule has 0 aliphatic heterocycles. The number of aromatic nitrogens is 1. The van der Waals surface area contributed by atoms with Crippen LogP contribution in [0.3, 0.4) is 0 Å². The number of nitrogens with zero attached hydrogens (tertiary/aromatic N) is 1. The van der Waals surface area contributed by atoms with Gasteiger partial charge in [0, 0.05) is 6.20 Å². The van der Waals surface area contributed by atoms with Crippen LogP contribution in [0.15, 0.2) is 24.4 Å². The normalized spacial score (nSPS) is 42.9. The van der Waals surface area contributed by atoms with E-state index in [1.54, 1.807) is 0 Å². The maximum Gasteiger partial charge on any atom is 0.110 e. The van der Waals surface area contributed by atoms with E-state index >= 15 is 0 Å². The summed E-state index contributed by atoms with van der Waals surface area (Å²) in [6, 6.07) is 6.04. The van der Waals surface area contributed by atoms with Gasteiger partial charge in [0.15, 0.2) is 0 Å². The van der Waals surface area contributed by atoms with Gasteiger partial charge in [-0.3, -0.25) is 4.98 Å². The number of rotatable bonds is 1. The van der Waals surface area contributed by atoms with Crippen LogP contribution >= 0.6 is 0 Å². The number of fused-ring (bicyclic) bond motifs is 3. The third-order valence-electron chi connectivity index (χ3n) is 6.63. The summed E-state index contributed by atoms with van der Waals surface area (Å²) < 4.78 is 0. The van der Waals surface area contributed by atoms with E-state index in [1.807, 2.05) is 18.3 Å². The van der Waals surface area contributed by atoms with E-state index in [0.29, 0.717) is 5.92 Å². The maximum atomic E-state index is 11.6. The Labute approximate surface area is 128 Å². The van der Waals surface area contributed by atoms with Crippen LogP contribution in [0.5, 0.6) is 0 Å². The average Bonchev–Trinajstić information content (AvgIpc) is 2.56. The minimum absolute atomic E-state index is 0.445. The van der Waals surface area contributed by atoms with E-state index in [1.165, 1.54) is 51.4 Å². The average molecular weight is 285 g/mol. The topological polar surface area (TPSA) is 33.1 Å². The first kappa shape index (κ1) is 13.8. The Kier molecular flexibility index (Phi) is 3.53. The fourth-order valence-corrected chi connectivity index (χ4v) is 5.78. The lowest BCUT2D eigenvalue weighted by Crippen LogP contribution is -2.52. The zero-order valence-corrected chi connectivity index (χ0v) is 12.9. The smallest absolute Gasteiger partial charge is 0.110 e. The minimum Gasteiger partial charge on any atom is -0.383 e. The lowest BCUT2D eigenvalue weighted by Gasteiger charge is -2.55. The summed E-state index contributed by atoms with van der Waals surface area (Å²) in [5.74, 6) is 2.79. The first-order valence-corrected chi connectivity index (χ1v) is 8.93. The molecule has 3 aliphatic carbocycles. The van der Waals surface area contributed by atoms with E-state index in [2.05, 4.69) is 11.1 Å². The summed E-state index contributed by atoms with van der Waals surface area (Å²) in [7, 11) is 0. The van der Waals surface area contributed by atoms with Gasteiger partial charge >= 0.3 is 0 Å². The molecular formula is C19H27NO. The fraction of sp³-hybridized carbons (Fsp3) is 0.737. The van der Waals surface area contributed by atoms with Crippen LogP contribution < -0.4 is 0 Å². The molecule has 5 atom stereocenters. The molecule has 1 aromatic rings. The lowest BCUT2D eigenvalue weighted by molar-refractivity contribution is -0.147. The summed E-state index contributed by atoms with van der Waals surface area (Å²) in [6.07, 6.45) is 13.5. The predicted molar refractivity (Wildman–Crippen MR) is 83.6 cm³/mol. The second-order valence-corrected chi connectivity index (χ2v) is 7.61. The molecule has 114 valence electrons. The molecule has 1 aromatic heterocycles. The zero-order valence-electron chi connectivity index (χ0n) is 12.9. The van der Waals surface area contributed by atoms with Gasteiger partial charge in [-0.05, 0) is 61.5 Å². The molecular weight excluding hydrogens is 258 g/mol. The second kappa shape index (κ2) is 5.39. The highest BCUT2D eigenvalue weighted by molar-refractivity contribution is 5.18. The maximum absolute atomic E-state index is 11.6. The molecule has 3 saturated carbocycles. The molecule has 4 rings (SSSR count). The van der Waals surface area contributed by atoms with Crippen molar-refractivity contribution in [3.05, 3.63) is 30.1 Å². The van der Waals surface area contributed by atoms with Crippen LogP contribution in [-0.4, -0.2) is 10.1 Å². The molecule has 0 radical (unpaired) electrons. The van der Waals surface area contributed by atoms with Crippen molar-refractivity contribution in [2.24, 2.45) is 23.7 Å². The third kappa shape index (κ3) is 2.23. The first-order valence-electron chi connectivity index (χ1n) is 8.93. The number of hydrogen-bond donors (Lipinski definition) is 1. The number of hydrogen-bond acceptors (Lipinski definition) is 2. The highest BCUT2D eigenvalue weighted by Gasteiger charge is 2.54. The monoisotopic (exact) mass is 285 g/mol. The summed E-state index contributed by atoms with van der Waals surface area (Å²) >= 11 is 0. The number of pyridine rings is 1. The van der Waals surface area contributed by atoms with Crippen molar-refractivity contribution in [3.63, 3.8) is 0 Å². The van der Waals surface area contributed by atoms with Gasteiger partial charge in [0.05, 0.1) is 5.69 Å². The lowest BCUT2D eigenvalue weighted by atomic mass is 9.52. The number of aliphatic hydroxyl groups is 1. The van der Waals surface area contributed by atoms with Crippen molar-refractivity contribution in [2.75, 3.05) is 0 Å². The van der Waals surface area contributed by atoms with Gasteiger partial charge in [-0.25, -0.2) is 0 Å². The van der Waals surface area contributed by atoms with Crippen molar-refractivity contribution in [2.45, 2.75) is 63.4 Å². The van der Waals surface area contributed by atoms with Gasteiger partial charge in [0.1, 0.15) is 5.60 Å². The van der Waals surface area contributed by atoms with Gasteiger partial charge in [0.2, 0.25) is 0 Å². The van der Waals surface area contributed by atoms with Gasteiger partial charge < -0.3 is 5.11 Å². The quantitative estimate of drug-likeness (QED) is 0.835. The van der Waals surface area contributed by atoms with Crippen molar-refractivity contribution < 1.29 is 5.11 Å². The minimum atomic E-state index is -0.662. The van der Waals surface area contributed by atoms with E-state index < -0.39 is 5.60 Å². The van der Waals surface area contributed by atoms with Gasteiger partial charge in [0.25, 0.3) is 0 Å². The predicted octanol–water partition coefficient (Wildman–Crippen LogP) is 4.29. The fourth-order valence-electron chi connectivity index (χ4n) is 5.78. The molecule has 3 fully saturated rings. The van der Waals surface area contributed by atoms with Crippen molar-refractivity contribution >= 4 is 0 Å². The molecule has 5 unspecified atom stereocenters. The molecule has 0 bridgehead atoms. The summed E-state index contributed by atoms with van der Waals surface area (Å²) in [6.45, 7) is 0. The highest BCUT2D eigenvalue weighted by Crippen LogP contribution is 2.57. The van der Waals surface area contributed by atoms with E-state index in [-0.39, 0.29) is 0 Å². The summed E-state index contributed by atoms with van der Waals surface area (Å²) in [5, 5.41) is 11.6. The van der Waals surface area contributed by atoms with E-state index in [4.69, 9.17) is 0 Å². The molecule has 0 spiro atoms. The Bertz CT molecular complexity index is 488. The molecule has 21 heavy (non-hydrogen) atoms. The first-order chi connectivity index (χ1) is 10.3. The highest BCUT2D eigenvalue weighted by atomic mass is 16.3. The largest absolute Gasteiger partial charge is 0.383 e.